The Hall–Kier alpha value is -2.69. The Balaban J connectivity index is 2.23. The average molecular weight is 400 g/mol. The van der Waals surface area contributed by atoms with Crippen molar-refractivity contribution in [3.63, 3.8) is 0 Å². The standard InChI is InChI=1S/C15H14ClN3O6S/c1-9-3-5-11(8-13(9)19(21)22)26(23,24)18-17-15(20)12-7-10(16)4-6-14(12)25-2/h3-8,18H,1-2H3,(H,17,20). The molecule has 0 saturated carbocycles. The monoisotopic (exact) mass is 399 g/mol. The number of nitrogens with one attached hydrogen (secondary N) is 2. The molecular weight excluding hydrogens is 386 g/mol. The van der Waals surface area contributed by atoms with Crippen LogP contribution in [-0.2, 0) is 10.0 Å². The Morgan fingerprint density at radius 2 is 1.92 bits per heavy atom. The summed E-state index contributed by atoms with van der Waals surface area (Å²) in [6.07, 6.45) is 0. The molecule has 9 nitrogen and oxygen atoms in total. The number of hydrazine groups is 1. The Morgan fingerprint density at radius 3 is 2.54 bits per heavy atom. The van der Waals surface area contributed by atoms with Crippen molar-refractivity contribution in [3.05, 3.63) is 62.7 Å². The maximum atomic E-state index is 12.3. The van der Waals surface area contributed by atoms with Crippen molar-refractivity contribution in [3.8, 4) is 5.75 Å². The minimum atomic E-state index is -4.23. The number of sulfonamides is 1. The maximum Gasteiger partial charge on any atom is 0.273 e. The van der Waals surface area contributed by atoms with E-state index in [9.17, 15) is 23.3 Å². The van der Waals surface area contributed by atoms with E-state index in [1.165, 1.54) is 44.4 Å². The number of aryl methyl sites for hydroxylation is 1. The molecule has 0 radical (unpaired) electrons. The number of carbonyl (C=O) groups excluding carboxylic acids is 1. The molecule has 1 amide bonds. The molecule has 2 rings (SSSR count). The van der Waals surface area contributed by atoms with E-state index in [0.29, 0.717) is 5.56 Å². The molecular formula is C15H14ClN3O6S. The number of ether oxygens (including phenoxy) is 1. The summed E-state index contributed by atoms with van der Waals surface area (Å²) in [6, 6.07) is 7.66. The molecule has 0 heterocycles. The highest BCUT2D eigenvalue weighted by Gasteiger charge is 2.21. The predicted molar refractivity (Wildman–Crippen MR) is 93.6 cm³/mol. The predicted octanol–water partition coefficient (Wildman–Crippen LogP) is 2.19. The first-order chi connectivity index (χ1) is 12.2. The quantitative estimate of drug-likeness (QED) is 0.566. The van der Waals surface area contributed by atoms with Gasteiger partial charge in [0.15, 0.2) is 0 Å². The molecule has 0 aliphatic carbocycles. The molecule has 0 spiro atoms. The van der Waals surface area contributed by atoms with Crippen molar-refractivity contribution in [1.29, 1.82) is 0 Å². The van der Waals surface area contributed by atoms with E-state index in [1.807, 2.05) is 10.3 Å². The third-order valence-electron chi connectivity index (χ3n) is 3.39. The number of benzene rings is 2. The van der Waals surface area contributed by atoms with Crippen molar-refractivity contribution < 1.29 is 22.9 Å². The van der Waals surface area contributed by atoms with Gasteiger partial charge in [0.1, 0.15) is 5.75 Å². The lowest BCUT2D eigenvalue weighted by Gasteiger charge is -2.11. The normalized spacial score (nSPS) is 11.0. The summed E-state index contributed by atoms with van der Waals surface area (Å²) in [5.74, 6) is -0.619. The molecule has 26 heavy (non-hydrogen) atoms. The van der Waals surface area contributed by atoms with Crippen molar-refractivity contribution in [1.82, 2.24) is 10.3 Å². The zero-order valence-electron chi connectivity index (χ0n) is 13.6. The van der Waals surface area contributed by atoms with E-state index < -0.39 is 20.9 Å². The Labute approximate surface area is 154 Å². The summed E-state index contributed by atoms with van der Waals surface area (Å²) in [6.45, 7) is 1.48. The van der Waals surface area contributed by atoms with Crippen LogP contribution in [-0.4, -0.2) is 26.4 Å². The van der Waals surface area contributed by atoms with E-state index in [-0.39, 0.29) is 26.9 Å². The molecule has 0 saturated heterocycles. The average Bonchev–Trinajstić information content (AvgIpc) is 2.59. The molecule has 0 aliphatic heterocycles. The SMILES string of the molecule is COc1ccc(Cl)cc1C(=O)NNS(=O)(=O)c1ccc(C)c([N+](=O)[O-])c1. The molecule has 11 heteroatoms. The van der Waals surface area contributed by atoms with Gasteiger partial charge in [0.25, 0.3) is 21.6 Å². The van der Waals surface area contributed by atoms with Crippen molar-refractivity contribution >= 4 is 33.2 Å². The second kappa shape index (κ2) is 7.68. The number of nitro benzene ring substituents is 1. The van der Waals surface area contributed by atoms with Crippen molar-refractivity contribution in [2.24, 2.45) is 0 Å². The molecule has 2 aromatic carbocycles. The lowest BCUT2D eigenvalue weighted by atomic mass is 10.2. The third kappa shape index (κ3) is 4.28. The molecule has 2 aromatic rings. The van der Waals surface area contributed by atoms with Gasteiger partial charge in [0.2, 0.25) is 0 Å². The molecule has 2 N–H and O–H groups in total. The van der Waals surface area contributed by atoms with Gasteiger partial charge in [-0.05, 0) is 31.2 Å². The van der Waals surface area contributed by atoms with Gasteiger partial charge in [0.05, 0.1) is 22.5 Å². The van der Waals surface area contributed by atoms with Crippen LogP contribution in [0.25, 0.3) is 0 Å². The van der Waals surface area contributed by atoms with Gasteiger partial charge >= 0.3 is 0 Å². The first-order valence-corrected chi connectivity index (χ1v) is 8.92. The van der Waals surface area contributed by atoms with Gasteiger partial charge in [-0.1, -0.05) is 17.7 Å². The number of halogens is 1. The van der Waals surface area contributed by atoms with Gasteiger partial charge in [-0.2, -0.15) is 0 Å². The lowest BCUT2D eigenvalue weighted by molar-refractivity contribution is -0.385. The number of nitro groups is 1. The number of carbonyl (C=O) groups is 1. The summed E-state index contributed by atoms with van der Waals surface area (Å²) in [5.41, 5.74) is 1.99. The third-order valence-corrected chi connectivity index (χ3v) is 4.87. The fourth-order valence-electron chi connectivity index (χ4n) is 2.05. The van der Waals surface area contributed by atoms with Gasteiger partial charge in [-0.15, -0.1) is 4.83 Å². The Bertz CT molecular complexity index is 977. The van der Waals surface area contributed by atoms with Crippen LogP contribution in [0.5, 0.6) is 5.75 Å². The van der Waals surface area contributed by atoms with Gasteiger partial charge < -0.3 is 4.74 Å². The number of rotatable bonds is 6. The van der Waals surface area contributed by atoms with Crippen LogP contribution in [0, 0.1) is 17.0 Å². The molecule has 0 fully saturated rings. The fourth-order valence-corrected chi connectivity index (χ4v) is 3.08. The Morgan fingerprint density at radius 1 is 1.23 bits per heavy atom. The van der Waals surface area contributed by atoms with Gasteiger partial charge in [-0.3, -0.25) is 20.3 Å². The van der Waals surface area contributed by atoms with E-state index in [4.69, 9.17) is 16.3 Å². The van der Waals surface area contributed by atoms with Crippen LogP contribution in [0.2, 0.25) is 5.02 Å². The number of hydrogen-bond donors (Lipinski definition) is 2. The molecule has 0 unspecified atom stereocenters. The summed E-state index contributed by atoms with van der Waals surface area (Å²) in [7, 11) is -2.88. The number of methoxy groups -OCH3 is 1. The topological polar surface area (TPSA) is 128 Å². The zero-order valence-corrected chi connectivity index (χ0v) is 15.2. The largest absolute Gasteiger partial charge is 0.496 e. The smallest absolute Gasteiger partial charge is 0.273 e. The van der Waals surface area contributed by atoms with Crippen LogP contribution >= 0.6 is 11.6 Å². The highest BCUT2D eigenvalue weighted by Crippen LogP contribution is 2.23. The van der Waals surface area contributed by atoms with Crippen LogP contribution < -0.4 is 15.0 Å². The molecule has 0 aliphatic rings. The zero-order chi connectivity index (χ0) is 19.5. The Kier molecular flexibility index (Phi) is 5.80. The molecule has 138 valence electrons. The fraction of sp³-hybridized carbons (Fsp3) is 0.133. The first-order valence-electron chi connectivity index (χ1n) is 7.06. The molecule has 0 atom stereocenters. The van der Waals surface area contributed by atoms with Crippen LogP contribution in [0.4, 0.5) is 5.69 Å². The lowest BCUT2D eigenvalue weighted by Crippen LogP contribution is -2.41. The van der Waals surface area contributed by atoms with E-state index in [1.54, 1.807) is 0 Å². The first kappa shape index (κ1) is 19.6. The van der Waals surface area contributed by atoms with E-state index >= 15 is 0 Å². The van der Waals surface area contributed by atoms with Crippen molar-refractivity contribution in [2.45, 2.75) is 11.8 Å². The van der Waals surface area contributed by atoms with Crippen LogP contribution in [0.15, 0.2) is 41.3 Å². The van der Waals surface area contributed by atoms with Crippen molar-refractivity contribution in [2.75, 3.05) is 7.11 Å². The number of hydrogen-bond acceptors (Lipinski definition) is 6. The molecule has 0 aromatic heterocycles. The highest BCUT2D eigenvalue weighted by atomic mass is 35.5. The second-order valence-corrected chi connectivity index (χ2v) is 7.23. The number of nitrogens with zero attached hydrogens (tertiary/aromatic N) is 1. The van der Waals surface area contributed by atoms with E-state index in [2.05, 4.69) is 0 Å². The summed E-state index contributed by atoms with van der Waals surface area (Å²) >= 11 is 5.83. The minimum Gasteiger partial charge on any atom is -0.496 e. The minimum absolute atomic E-state index is 0.0117. The summed E-state index contributed by atoms with van der Waals surface area (Å²) < 4.78 is 29.6. The van der Waals surface area contributed by atoms with Gasteiger partial charge in [0, 0.05) is 16.7 Å². The summed E-state index contributed by atoms with van der Waals surface area (Å²) in [4.78, 5) is 24.0. The maximum absolute atomic E-state index is 12.3. The number of amides is 1. The second-order valence-electron chi connectivity index (χ2n) is 5.11. The highest BCUT2D eigenvalue weighted by molar-refractivity contribution is 7.89. The van der Waals surface area contributed by atoms with Crippen LogP contribution in [0.1, 0.15) is 15.9 Å². The van der Waals surface area contributed by atoms with Gasteiger partial charge in [-0.25, -0.2) is 8.42 Å². The molecule has 0 bridgehead atoms. The summed E-state index contributed by atoms with van der Waals surface area (Å²) in [5, 5.41) is 11.2. The van der Waals surface area contributed by atoms with Crippen LogP contribution in [0.3, 0.4) is 0 Å². The van der Waals surface area contributed by atoms with E-state index in [0.717, 1.165) is 6.07 Å².